The summed E-state index contributed by atoms with van der Waals surface area (Å²) in [5, 5.41) is 9.04. The van der Waals surface area contributed by atoms with Crippen LogP contribution >= 0.6 is 11.8 Å². The third kappa shape index (κ3) is 2.97. The van der Waals surface area contributed by atoms with E-state index in [0.29, 0.717) is 0 Å². The summed E-state index contributed by atoms with van der Waals surface area (Å²) in [6.07, 6.45) is 7.39. The molecule has 84 valence electrons. The maximum atomic E-state index is 4.10. The van der Waals surface area contributed by atoms with Gasteiger partial charge in [-0.05, 0) is 24.7 Å². The van der Waals surface area contributed by atoms with E-state index in [1.165, 1.54) is 31.4 Å². The molecule has 0 N–H and O–H groups in total. The molecule has 1 saturated carbocycles. The van der Waals surface area contributed by atoms with E-state index in [0.717, 1.165) is 17.0 Å². The molecular formula is C11H19N3S. The van der Waals surface area contributed by atoms with E-state index in [1.807, 2.05) is 23.4 Å². The van der Waals surface area contributed by atoms with Crippen LogP contribution in [0.5, 0.6) is 0 Å². The highest BCUT2D eigenvalue weighted by molar-refractivity contribution is 7.99. The Morgan fingerprint density at radius 2 is 2.40 bits per heavy atom. The predicted octanol–water partition coefficient (Wildman–Crippen LogP) is 2.73. The molecule has 0 aliphatic heterocycles. The second kappa shape index (κ2) is 5.01. The molecule has 0 spiro atoms. The molecule has 3 nitrogen and oxygen atoms in total. The molecule has 0 radical (unpaired) electrons. The van der Waals surface area contributed by atoms with Crippen LogP contribution in [0.15, 0.2) is 11.5 Å². The fourth-order valence-electron chi connectivity index (χ4n) is 2.31. The molecule has 1 heterocycles. The van der Waals surface area contributed by atoms with Crippen molar-refractivity contribution >= 4 is 11.8 Å². The average Bonchev–Trinajstić information content (AvgIpc) is 2.61. The van der Waals surface area contributed by atoms with E-state index in [1.54, 1.807) is 6.33 Å². The largest absolute Gasteiger partial charge is 0.312 e. The van der Waals surface area contributed by atoms with Gasteiger partial charge in [-0.2, -0.15) is 0 Å². The van der Waals surface area contributed by atoms with Gasteiger partial charge in [0.1, 0.15) is 6.33 Å². The molecule has 0 unspecified atom stereocenters. The van der Waals surface area contributed by atoms with Gasteiger partial charge in [-0.1, -0.05) is 31.5 Å². The van der Waals surface area contributed by atoms with Gasteiger partial charge < -0.3 is 4.57 Å². The summed E-state index contributed by atoms with van der Waals surface area (Å²) < 4.78 is 2.00. The van der Waals surface area contributed by atoms with E-state index in [4.69, 9.17) is 0 Å². The zero-order chi connectivity index (χ0) is 10.7. The second-order valence-corrected chi connectivity index (χ2v) is 5.66. The molecular weight excluding hydrogens is 206 g/mol. The van der Waals surface area contributed by atoms with Gasteiger partial charge in [0.2, 0.25) is 0 Å². The van der Waals surface area contributed by atoms with E-state index in [2.05, 4.69) is 17.1 Å². The molecule has 0 aromatic carbocycles. The van der Waals surface area contributed by atoms with Gasteiger partial charge in [0.15, 0.2) is 5.16 Å². The monoisotopic (exact) mass is 225 g/mol. The highest BCUT2D eigenvalue weighted by atomic mass is 32.2. The lowest BCUT2D eigenvalue weighted by molar-refractivity contribution is 0.305. The van der Waals surface area contributed by atoms with Crippen molar-refractivity contribution in [3.63, 3.8) is 0 Å². The molecule has 2 rings (SSSR count). The van der Waals surface area contributed by atoms with Crippen LogP contribution in [-0.4, -0.2) is 20.5 Å². The number of nitrogens with zero attached hydrogens (tertiary/aromatic N) is 3. The highest BCUT2D eigenvalue weighted by Crippen LogP contribution is 2.32. The molecule has 1 aromatic heterocycles. The summed E-state index contributed by atoms with van der Waals surface area (Å²) in [5.41, 5.74) is 0. The standard InChI is InChI=1S/C11H19N3S/c1-9-4-3-5-10(6-9)7-15-11-13-12-8-14(11)2/h8-10H,3-7H2,1-2H3/t9-,10+/m0/s1. The SMILES string of the molecule is C[C@H]1CCC[C@@H](CSc2nncn2C)C1. The van der Waals surface area contributed by atoms with Crippen molar-refractivity contribution in [3.8, 4) is 0 Å². The topological polar surface area (TPSA) is 30.7 Å². The number of rotatable bonds is 3. The number of aromatic nitrogens is 3. The summed E-state index contributed by atoms with van der Waals surface area (Å²) >= 11 is 1.85. The minimum absolute atomic E-state index is 0.885. The smallest absolute Gasteiger partial charge is 0.190 e. The van der Waals surface area contributed by atoms with Crippen LogP contribution in [0.2, 0.25) is 0 Å². The summed E-state index contributed by atoms with van der Waals surface area (Å²) in [6.45, 7) is 2.37. The lowest BCUT2D eigenvalue weighted by atomic mass is 9.83. The van der Waals surface area contributed by atoms with Crippen LogP contribution in [-0.2, 0) is 7.05 Å². The van der Waals surface area contributed by atoms with E-state index < -0.39 is 0 Å². The second-order valence-electron chi connectivity index (χ2n) is 4.67. The maximum Gasteiger partial charge on any atom is 0.190 e. The van der Waals surface area contributed by atoms with Gasteiger partial charge in [-0.15, -0.1) is 10.2 Å². The van der Waals surface area contributed by atoms with Crippen molar-refractivity contribution in [1.82, 2.24) is 14.8 Å². The first kappa shape index (κ1) is 11.0. The van der Waals surface area contributed by atoms with Gasteiger partial charge in [0, 0.05) is 12.8 Å². The molecule has 0 bridgehead atoms. The number of hydrogen-bond donors (Lipinski definition) is 0. The van der Waals surface area contributed by atoms with Gasteiger partial charge in [-0.3, -0.25) is 0 Å². The van der Waals surface area contributed by atoms with Gasteiger partial charge in [0.25, 0.3) is 0 Å². The van der Waals surface area contributed by atoms with Crippen molar-refractivity contribution in [3.05, 3.63) is 6.33 Å². The molecule has 4 heteroatoms. The Labute approximate surface area is 95.7 Å². The van der Waals surface area contributed by atoms with Crippen LogP contribution < -0.4 is 0 Å². The fraction of sp³-hybridized carbons (Fsp3) is 0.818. The Bertz CT molecular complexity index is 311. The van der Waals surface area contributed by atoms with Crippen molar-refractivity contribution in [2.45, 2.75) is 37.8 Å². The summed E-state index contributed by atoms with van der Waals surface area (Å²) in [5.74, 6) is 3.01. The zero-order valence-corrected chi connectivity index (χ0v) is 10.3. The third-order valence-corrected chi connectivity index (χ3v) is 4.43. The lowest BCUT2D eigenvalue weighted by Gasteiger charge is -2.26. The van der Waals surface area contributed by atoms with E-state index in [9.17, 15) is 0 Å². The van der Waals surface area contributed by atoms with Crippen LogP contribution in [0.25, 0.3) is 0 Å². The Morgan fingerprint density at radius 1 is 1.53 bits per heavy atom. The molecule has 1 aliphatic rings. The van der Waals surface area contributed by atoms with Crippen LogP contribution in [0, 0.1) is 11.8 Å². The molecule has 0 saturated heterocycles. The van der Waals surface area contributed by atoms with E-state index >= 15 is 0 Å². The van der Waals surface area contributed by atoms with Gasteiger partial charge >= 0.3 is 0 Å². The first-order valence-corrected chi connectivity index (χ1v) is 6.71. The van der Waals surface area contributed by atoms with Crippen LogP contribution in [0.3, 0.4) is 0 Å². The number of aryl methyl sites for hydroxylation is 1. The molecule has 0 amide bonds. The van der Waals surface area contributed by atoms with Crippen molar-refractivity contribution < 1.29 is 0 Å². The quantitative estimate of drug-likeness (QED) is 0.741. The van der Waals surface area contributed by atoms with Gasteiger partial charge in [0.05, 0.1) is 0 Å². The Kier molecular flexibility index (Phi) is 3.67. The number of hydrogen-bond acceptors (Lipinski definition) is 3. The Balaban J connectivity index is 1.80. The van der Waals surface area contributed by atoms with Crippen LogP contribution in [0.4, 0.5) is 0 Å². The summed E-state index contributed by atoms with van der Waals surface area (Å²) in [6, 6.07) is 0. The van der Waals surface area contributed by atoms with Crippen molar-refractivity contribution in [2.75, 3.05) is 5.75 Å². The first-order valence-electron chi connectivity index (χ1n) is 5.72. The maximum absolute atomic E-state index is 4.10. The van der Waals surface area contributed by atoms with Gasteiger partial charge in [-0.25, -0.2) is 0 Å². The minimum atomic E-state index is 0.885. The Morgan fingerprint density at radius 3 is 3.07 bits per heavy atom. The molecule has 1 fully saturated rings. The first-order chi connectivity index (χ1) is 7.25. The molecule has 15 heavy (non-hydrogen) atoms. The molecule has 1 aliphatic carbocycles. The zero-order valence-electron chi connectivity index (χ0n) is 9.52. The fourth-order valence-corrected chi connectivity index (χ4v) is 3.35. The van der Waals surface area contributed by atoms with Crippen LogP contribution in [0.1, 0.15) is 32.6 Å². The predicted molar refractivity (Wildman–Crippen MR) is 62.8 cm³/mol. The van der Waals surface area contributed by atoms with Crippen molar-refractivity contribution in [2.24, 2.45) is 18.9 Å². The molecule has 2 atom stereocenters. The Hall–Kier alpha value is -0.510. The average molecular weight is 225 g/mol. The summed E-state index contributed by atoms with van der Waals surface area (Å²) in [4.78, 5) is 0. The van der Waals surface area contributed by atoms with Crippen molar-refractivity contribution in [1.29, 1.82) is 0 Å². The summed E-state index contributed by atoms with van der Waals surface area (Å²) in [7, 11) is 2.01. The minimum Gasteiger partial charge on any atom is -0.312 e. The highest BCUT2D eigenvalue weighted by Gasteiger charge is 2.19. The third-order valence-electron chi connectivity index (χ3n) is 3.16. The molecule has 1 aromatic rings. The normalized spacial score (nSPS) is 26.8. The lowest BCUT2D eigenvalue weighted by Crippen LogP contribution is -2.15. The number of thioether (sulfide) groups is 1. The van der Waals surface area contributed by atoms with E-state index in [-0.39, 0.29) is 0 Å².